The number of benzene rings is 3. The van der Waals surface area contributed by atoms with Gasteiger partial charge >= 0.3 is 11.8 Å². The number of amides is 2. The van der Waals surface area contributed by atoms with Crippen molar-refractivity contribution in [3.63, 3.8) is 0 Å². The SMILES string of the molecule is Cc1ccccc1NC(=O)C(=O)N/N=C\c1ccc(OCc2ccccc2Cl)c(Br)c1. The van der Waals surface area contributed by atoms with Crippen LogP contribution in [-0.2, 0) is 16.2 Å². The molecule has 0 heterocycles. The number of halogens is 2. The van der Waals surface area contributed by atoms with Crippen molar-refractivity contribution >= 4 is 51.2 Å². The third-order valence-corrected chi connectivity index (χ3v) is 5.26. The van der Waals surface area contributed by atoms with Crippen LogP contribution in [0, 0.1) is 6.92 Å². The Labute approximate surface area is 193 Å². The molecule has 0 aliphatic carbocycles. The number of nitrogens with one attached hydrogen (secondary N) is 2. The summed E-state index contributed by atoms with van der Waals surface area (Å²) in [4.78, 5) is 23.9. The summed E-state index contributed by atoms with van der Waals surface area (Å²) in [5, 5.41) is 7.03. The van der Waals surface area contributed by atoms with Crippen LogP contribution in [0.25, 0.3) is 0 Å². The summed E-state index contributed by atoms with van der Waals surface area (Å²) in [6.45, 7) is 2.17. The standard InChI is InChI=1S/C23H19BrClN3O3/c1-15-6-2-5-9-20(15)27-22(29)23(30)28-26-13-16-10-11-21(18(24)12-16)31-14-17-7-3-4-8-19(17)25/h2-13H,14H2,1H3,(H,27,29)(H,28,30)/b26-13-. The zero-order valence-corrected chi connectivity index (χ0v) is 18.9. The van der Waals surface area contributed by atoms with Gasteiger partial charge in [-0.1, -0.05) is 48.0 Å². The molecule has 0 atom stereocenters. The first kappa shape index (κ1) is 22.5. The number of hydrazone groups is 1. The topological polar surface area (TPSA) is 79.8 Å². The van der Waals surface area contributed by atoms with Crippen molar-refractivity contribution in [3.8, 4) is 5.75 Å². The first-order chi connectivity index (χ1) is 14.9. The van der Waals surface area contributed by atoms with Crippen molar-refractivity contribution in [2.45, 2.75) is 13.5 Å². The predicted octanol–water partition coefficient (Wildman–Crippen LogP) is 5.08. The van der Waals surface area contributed by atoms with Gasteiger partial charge in [0.05, 0.1) is 10.7 Å². The summed E-state index contributed by atoms with van der Waals surface area (Å²) in [6, 6.07) is 20.0. The van der Waals surface area contributed by atoms with Crippen molar-refractivity contribution < 1.29 is 14.3 Å². The Balaban J connectivity index is 1.54. The molecule has 2 amide bonds. The number of aryl methyl sites for hydroxylation is 1. The van der Waals surface area contributed by atoms with Gasteiger partial charge in [-0.3, -0.25) is 9.59 Å². The van der Waals surface area contributed by atoms with E-state index in [1.54, 1.807) is 30.3 Å². The Hall–Kier alpha value is -3.16. The molecule has 31 heavy (non-hydrogen) atoms. The second-order valence-corrected chi connectivity index (χ2v) is 7.80. The zero-order valence-electron chi connectivity index (χ0n) is 16.6. The number of carbonyl (C=O) groups excluding carboxylic acids is 2. The number of rotatable bonds is 6. The number of hydrogen-bond donors (Lipinski definition) is 2. The van der Waals surface area contributed by atoms with E-state index in [9.17, 15) is 9.59 Å². The first-order valence-electron chi connectivity index (χ1n) is 9.30. The highest BCUT2D eigenvalue weighted by atomic mass is 79.9. The molecule has 0 fully saturated rings. The van der Waals surface area contributed by atoms with Crippen LogP contribution < -0.4 is 15.5 Å². The molecule has 158 valence electrons. The summed E-state index contributed by atoms with van der Waals surface area (Å²) < 4.78 is 6.52. The van der Waals surface area contributed by atoms with E-state index in [1.807, 2.05) is 43.3 Å². The van der Waals surface area contributed by atoms with E-state index in [4.69, 9.17) is 16.3 Å². The van der Waals surface area contributed by atoms with Crippen LogP contribution in [-0.4, -0.2) is 18.0 Å². The average Bonchev–Trinajstić information content (AvgIpc) is 2.75. The average molecular weight is 501 g/mol. The highest BCUT2D eigenvalue weighted by molar-refractivity contribution is 9.10. The zero-order chi connectivity index (χ0) is 22.2. The van der Waals surface area contributed by atoms with Crippen LogP contribution in [0.2, 0.25) is 5.02 Å². The highest BCUT2D eigenvalue weighted by Crippen LogP contribution is 2.27. The molecular weight excluding hydrogens is 482 g/mol. The minimum Gasteiger partial charge on any atom is -0.488 e. The maximum atomic E-state index is 12.0. The van der Waals surface area contributed by atoms with Crippen LogP contribution >= 0.6 is 27.5 Å². The Morgan fingerprint density at radius 1 is 1.06 bits per heavy atom. The maximum absolute atomic E-state index is 12.0. The lowest BCUT2D eigenvalue weighted by atomic mass is 10.2. The molecule has 0 aliphatic heterocycles. The molecule has 3 aromatic rings. The Morgan fingerprint density at radius 2 is 1.81 bits per heavy atom. The number of nitrogens with zero attached hydrogens (tertiary/aromatic N) is 1. The number of ether oxygens (including phenoxy) is 1. The largest absolute Gasteiger partial charge is 0.488 e. The van der Waals surface area contributed by atoms with E-state index in [0.717, 1.165) is 11.1 Å². The van der Waals surface area contributed by atoms with Gasteiger partial charge in [0.1, 0.15) is 12.4 Å². The van der Waals surface area contributed by atoms with Crippen LogP contribution in [0.3, 0.4) is 0 Å². The third-order valence-electron chi connectivity index (χ3n) is 4.28. The molecular formula is C23H19BrClN3O3. The van der Waals surface area contributed by atoms with Crippen LogP contribution in [0.5, 0.6) is 5.75 Å². The minimum absolute atomic E-state index is 0.331. The summed E-state index contributed by atoms with van der Waals surface area (Å²) >= 11 is 9.60. The van der Waals surface area contributed by atoms with E-state index in [-0.39, 0.29) is 0 Å². The van der Waals surface area contributed by atoms with Crippen LogP contribution in [0.15, 0.2) is 76.3 Å². The molecule has 3 rings (SSSR count). The molecule has 0 aromatic heterocycles. The number of hydrogen-bond acceptors (Lipinski definition) is 4. The van der Waals surface area contributed by atoms with Gasteiger partial charge in [0.2, 0.25) is 0 Å². The van der Waals surface area contributed by atoms with Gasteiger partial charge in [-0.05, 0) is 64.3 Å². The van der Waals surface area contributed by atoms with E-state index >= 15 is 0 Å². The lowest BCUT2D eigenvalue weighted by molar-refractivity contribution is -0.136. The number of carbonyl (C=O) groups is 2. The summed E-state index contributed by atoms with van der Waals surface area (Å²) in [6.07, 6.45) is 1.43. The Bertz CT molecular complexity index is 1130. The minimum atomic E-state index is -0.863. The third kappa shape index (κ3) is 6.41. The van der Waals surface area contributed by atoms with Crippen LogP contribution in [0.4, 0.5) is 5.69 Å². The molecule has 0 radical (unpaired) electrons. The molecule has 0 saturated heterocycles. The van der Waals surface area contributed by atoms with Crippen molar-refractivity contribution in [1.82, 2.24) is 5.43 Å². The summed E-state index contributed by atoms with van der Waals surface area (Å²) in [7, 11) is 0. The number of anilines is 1. The van der Waals surface area contributed by atoms with E-state index in [1.165, 1.54) is 6.21 Å². The van der Waals surface area contributed by atoms with Crippen molar-refractivity contribution in [3.05, 3.63) is 92.9 Å². The molecule has 0 aliphatic rings. The maximum Gasteiger partial charge on any atom is 0.329 e. The second-order valence-electron chi connectivity index (χ2n) is 6.54. The van der Waals surface area contributed by atoms with Gasteiger partial charge in [-0.2, -0.15) is 5.10 Å². The van der Waals surface area contributed by atoms with E-state index < -0.39 is 11.8 Å². The van der Waals surface area contributed by atoms with Crippen molar-refractivity contribution in [1.29, 1.82) is 0 Å². The smallest absolute Gasteiger partial charge is 0.329 e. The molecule has 8 heteroatoms. The molecule has 0 bridgehead atoms. The van der Waals surface area contributed by atoms with Gasteiger partial charge in [0.25, 0.3) is 0 Å². The molecule has 3 aromatic carbocycles. The van der Waals surface area contributed by atoms with Crippen LogP contribution in [0.1, 0.15) is 16.7 Å². The molecule has 2 N–H and O–H groups in total. The van der Waals surface area contributed by atoms with Gasteiger partial charge in [-0.15, -0.1) is 0 Å². The van der Waals surface area contributed by atoms with Crippen molar-refractivity contribution in [2.24, 2.45) is 5.10 Å². The lowest BCUT2D eigenvalue weighted by Crippen LogP contribution is -2.32. The van der Waals surface area contributed by atoms with E-state index in [2.05, 4.69) is 31.8 Å². The monoisotopic (exact) mass is 499 g/mol. The molecule has 0 saturated carbocycles. The molecule has 0 unspecified atom stereocenters. The number of para-hydroxylation sites is 1. The Morgan fingerprint density at radius 3 is 2.55 bits per heavy atom. The molecule has 6 nitrogen and oxygen atoms in total. The first-order valence-corrected chi connectivity index (χ1v) is 10.5. The van der Waals surface area contributed by atoms with Gasteiger partial charge in [0, 0.05) is 16.3 Å². The summed E-state index contributed by atoms with van der Waals surface area (Å²) in [5.74, 6) is -1.02. The highest BCUT2D eigenvalue weighted by Gasteiger charge is 2.13. The van der Waals surface area contributed by atoms with Crippen molar-refractivity contribution in [2.75, 3.05) is 5.32 Å². The van der Waals surface area contributed by atoms with Gasteiger partial charge in [-0.25, -0.2) is 5.43 Å². The second kappa shape index (κ2) is 10.7. The predicted molar refractivity (Wildman–Crippen MR) is 125 cm³/mol. The fraction of sp³-hybridized carbons (Fsp3) is 0.0870. The normalized spacial score (nSPS) is 10.7. The fourth-order valence-electron chi connectivity index (χ4n) is 2.59. The fourth-order valence-corrected chi connectivity index (χ4v) is 3.30. The Kier molecular flexibility index (Phi) is 7.81. The quantitative estimate of drug-likeness (QED) is 0.281. The molecule has 0 spiro atoms. The summed E-state index contributed by atoms with van der Waals surface area (Å²) in [5.41, 5.74) is 5.23. The van der Waals surface area contributed by atoms with E-state index in [0.29, 0.717) is 33.1 Å². The van der Waals surface area contributed by atoms with Gasteiger partial charge in [0.15, 0.2) is 0 Å². The lowest BCUT2D eigenvalue weighted by Gasteiger charge is -2.10. The van der Waals surface area contributed by atoms with Gasteiger partial charge < -0.3 is 10.1 Å².